The Labute approximate surface area is 158 Å². The van der Waals surface area contributed by atoms with Crippen molar-refractivity contribution in [2.24, 2.45) is 0 Å². The molecule has 0 atom stereocenters. The van der Waals surface area contributed by atoms with Crippen LogP contribution < -0.4 is 15.4 Å². The normalized spacial score (nSPS) is 10.9. The van der Waals surface area contributed by atoms with Crippen molar-refractivity contribution >= 4 is 27.3 Å². The second-order valence-corrected chi connectivity index (χ2v) is 7.97. The number of hydrogen-bond acceptors (Lipinski definition) is 5. The number of carbonyl (C=O) groups is 2. The molecular formula is C19H22N2O5S. The zero-order valence-electron chi connectivity index (χ0n) is 15.2. The highest BCUT2D eigenvalue weighted by atomic mass is 32.2. The van der Waals surface area contributed by atoms with Gasteiger partial charge < -0.3 is 15.4 Å². The summed E-state index contributed by atoms with van der Waals surface area (Å²) in [4.78, 5) is 23.1. The molecule has 0 aliphatic heterocycles. The van der Waals surface area contributed by atoms with E-state index in [0.717, 1.165) is 5.56 Å². The monoisotopic (exact) mass is 390 g/mol. The minimum atomic E-state index is -3.59. The lowest BCUT2D eigenvalue weighted by atomic mass is 10.2. The number of para-hydroxylation sites is 1. The number of rotatable bonds is 8. The van der Waals surface area contributed by atoms with Gasteiger partial charge in [-0.25, -0.2) is 8.42 Å². The van der Waals surface area contributed by atoms with Crippen LogP contribution in [0.3, 0.4) is 0 Å². The average Bonchev–Trinajstić information content (AvgIpc) is 2.65. The lowest BCUT2D eigenvalue weighted by Crippen LogP contribution is -2.25. The van der Waals surface area contributed by atoms with Crippen LogP contribution in [-0.2, 0) is 26.0 Å². The highest BCUT2D eigenvalue weighted by Crippen LogP contribution is 2.18. The van der Waals surface area contributed by atoms with E-state index < -0.39 is 9.84 Å². The minimum Gasteiger partial charge on any atom is -0.496 e. The molecule has 2 aromatic carbocycles. The second-order valence-electron chi connectivity index (χ2n) is 5.86. The summed E-state index contributed by atoms with van der Waals surface area (Å²) in [6, 6.07) is 13.1. The van der Waals surface area contributed by atoms with E-state index in [-0.39, 0.29) is 35.4 Å². The number of benzene rings is 2. The Balaban J connectivity index is 1.90. The number of nitrogens with one attached hydrogen (secondary N) is 2. The molecule has 0 radical (unpaired) electrons. The van der Waals surface area contributed by atoms with E-state index in [0.29, 0.717) is 11.4 Å². The lowest BCUT2D eigenvalue weighted by Gasteiger charge is -2.10. The van der Waals surface area contributed by atoms with Crippen molar-refractivity contribution in [1.82, 2.24) is 5.32 Å². The van der Waals surface area contributed by atoms with Crippen LogP contribution in [0.15, 0.2) is 53.4 Å². The van der Waals surface area contributed by atoms with Crippen molar-refractivity contribution < 1.29 is 22.7 Å². The molecule has 0 unspecified atom stereocenters. The van der Waals surface area contributed by atoms with Gasteiger partial charge in [0, 0.05) is 31.1 Å². The van der Waals surface area contributed by atoms with Crippen LogP contribution in [0.4, 0.5) is 5.69 Å². The van der Waals surface area contributed by atoms with E-state index in [2.05, 4.69) is 10.6 Å². The van der Waals surface area contributed by atoms with Gasteiger partial charge in [0.2, 0.25) is 11.8 Å². The Morgan fingerprint density at radius 1 is 1.04 bits per heavy atom. The number of ether oxygens (including phenoxy) is 1. The molecule has 0 saturated carbocycles. The van der Waals surface area contributed by atoms with Crippen molar-refractivity contribution in [3.63, 3.8) is 0 Å². The lowest BCUT2D eigenvalue weighted by molar-refractivity contribution is -0.120. The predicted molar refractivity (Wildman–Crippen MR) is 102 cm³/mol. The largest absolute Gasteiger partial charge is 0.496 e. The van der Waals surface area contributed by atoms with E-state index in [4.69, 9.17) is 4.74 Å². The summed E-state index contributed by atoms with van der Waals surface area (Å²) in [5, 5.41) is 5.26. The first-order chi connectivity index (χ1) is 12.8. The Bertz CT molecular complexity index is 908. The first-order valence-electron chi connectivity index (χ1n) is 8.31. The van der Waals surface area contributed by atoms with Crippen LogP contribution in [0.25, 0.3) is 0 Å². The Hall–Kier alpha value is -2.87. The molecule has 0 aromatic heterocycles. The number of amides is 2. The fourth-order valence-electron chi connectivity index (χ4n) is 2.42. The molecule has 2 amide bonds. The van der Waals surface area contributed by atoms with E-state index >= 15 is 0 Å². The third kappa shape index (κ3) is 6.10. The Kier molecular flexibility index (Phi) is 6.95. The summed E-state index contributed by atoms with van der Waals surface area (Å²) < 4.78 is 29.9. The summed E-state index contributed by atoms with van der Waals surface area (Å²) >= 11 is 0. The summed E-state index contributed by atoms with van der Waals surface area (Å²) in [5.74, 6) is -0.245. The maximum absolute atomic E-state index is 12.4. The zero-order valence-corrected chi connectivity index (χ0v) is 16.0. The smallest absolute Gasteiger partial charge is 0.221 e. The van der Waals surface area contributed by atoms with Gasteiger partial charge in [-0.1, -0.05) is 18.2 Å². The van der Waals surface area contributed by atoms with Gasteiger partial charge >= 0.3 is 0 Å². The number of anilines is 1. The van der Waals surface area contributed by atoms with Crippen molar-refractivity contribution in [3.8, 4) is 5.75 Å². The highest BCUT2D eigenvalue weighted by molar-refractivity contribution is 7.91. The second kappa shape index (κ2) is 9.18. The number of sulfone groups is 1. The van der Waals surface area contributed by atoms with Crippen molar-refractivity contribution in [1.29, 1.82) is 0 Å². The van der Waals surface area contributed by atoms with Crippen LogP contribution in [-0.4, -0.2) is 33.1 Å². The summed E-state index contributed by atoms with van der Waals surface area (Å²) in [6.45, 7) is 1.63. The van der Waals surface area contributed by atoms with Crippen molar-refractivity contribution in [2.75, 3.05) is 18.2 Å². The Morgan fingerprint density at radius 3 is 2.33 bits per heavy atom. The Morgan fingerprint density at radius 2 is 1.70 bits per heavy atom. The number of hydrogen-bond donors (Lipinski definition) is 2. The van der Waals surface area contributed by atoms with Gasteiger partial charge in [0.25, 0.3) is 0 Å². The van der Waals surface area contributed by atoms with Gasteiger partial charge in [-0.3, -0.25) is 9.59 Å². The predicted octanol–water partition coefficient (Wildman–Crippen LogP) is 2.13. The summed E-state index contributed by atoms with van der Waals surface area (Å²) in [5.41, 5.74) is 1.32. The number of methoxy groups -OCH3 is 1. The number of carbonyl (C=O) groups excluding carboxylic acids is 2. The third-order valence-corrected chi connectivity index (χ3v) is 5.53. The molecule has 0 heterocycles. The maximum atomic E-state index is 12.4. The average molecular weight is 390 g/mol. The quantitative estimate of drug-likeness (QED) is 0.719. The van der Waals surface area contributed by atoms with E-state index in [9.17, 15) is 18.0 Å². The molecule has 7 nitrogen and oxygen atoms in total. The van der Waals surface area contributed by atoms with Crippen LogP contribution in [0.1, 0.15) is 18.9 Å². The van der Waals surface area contributed by atoms with Crippen LogP contribution in [0, 0.1) is 0 Å². The fourth-order valence-corrected chi connectivity index (χ4v) is 3.67. The van der Waals surface area contributed by atoms with Gasteiger partial charge in [-0.2, -0.15) is 0 Å². The van der Waals surface area contributed by atoms with Crippen molar-refractivity contribution in [2.45, 2.75) is 24.8 Å². The molecule has 0 saturated heterocycles. The molecule has 2 N–H and O–H groups in total. The standard InChI is InChI=1S/C19H22N2O5S/c1-14(22)21-16-7-9-17(10-8-16)27(24,25)12-11-19(23)20-13-15-5-3-4-6-18(15)26-2/h3-10H,11-13H2,1-2H3,(H,20,23)(H,21,22). The molecule has 0 spiro atoms. The molecule has 0 bridgehead atoms. The first-order valence-corrected chi connectivity index (χ1v) is 9.96. The van der Waals surface area contributed by atoms with Gasteiger partial charge in [-0.05, 0) is 30.3 Å². The third-order valence-electron chi connectivity index (χ3n) is 3.80. The van der Waals surface area contributed by atoms with Gasteiger partial charge in [0.1, 0.15) is 5.75 Å². The summed E-state index contributed by atoms with van der Waals surface area (Å²) in [6.07, 6.45) is -0.148. The molecule has 144 valence electrons. The van der Waals surface area contributed by atoms with Crippen LogP contribution in [0.2, 0.25) is 0 Å². The molecule has 2 rings (SSSR count). The SMILES string of the molecule is COc1ccccc1CNC(=O)CCS(=O)(=O)c1ccc(NC(C)=O)cc1. The van der Waals surface area contributed by atoms with E-state index in [1.165, 1.54) is 31.2 Å². The van der Waals surface area contributed by atoms with Crippen LogP contribution in [0.5, 0.6) is 5.75 Å². The van der Waals surface area contributed by atoms with Crippen molar-refractivity contribution in [3.05, 3.63) is 54.1 Å². The molecule has 0 aliphatic rings. The first kappa shape index (κ1) is 20.4. The molecule has 27 heavy (non-hydrogen) atoms. The molecule has 0 fully saturated rings. The zero-order chi connectivity index (χ0) is 19.9. The van der Waals surface area contributed by atoms with E-state index in [1.54, 1.807) is 13.2 Å². The van der Waals surface area contributed by atoms with E-state index in [1.807, 2.05) is 18.2 Å². The van der Waals surface area contributed by atoms with Gasteiger partial charge in [0.15, 0.2) is 9.84 Å². The van der Waals surface area contributed by atoms with Gasteiger partial charge in [-0.15, -0.1) is 0 Å². The molecule has 0 aliphatic carbocycles. The fraction of sp³-hybridized carbons (Fsp3) is 0.263. The molecular weight excluding hydrogens is 368 g/mol. The topological polar surface area (TPSA) is 102 Å². The molecule has 8 heteroatoms. The molecule has 2 aromatic rings. The maximum Gasteiger partial charge on any atom is 0.221 e. The summed E-state index contributed by atoms with van der Waals surface area (Å²) in [7, 11) is -2.05. The minimum absolute atomic E-state index is 0.106. The van der Waals surface area contributed by atoms with Gasteiger partial charge in [0.05, 0.1) is 17.8 Å². The highest BCUT2D eigenvalue weighted by Gasteiger charge is 2.16. The van der Waals surface area contributed by atoms with Crippen LogP contribution >= 0.6 is 0 Å².